The second kappa shape index (κ2) is 9.17. The molecule has 3 aromatic carbocycles. The molecular formula is C25H21FN4O. The molecule has 0 radical (unpaired) electrons. The maximum Gasteiger partial charge on any atom is 0.251 e. The minimum Gasteiger partial charge on any atom is -0.348 e. The van der Waals surface area contributed by atoms with E-state index in [2.05, 4.69) is 26.7 Å². The molecule has 0 atom stereocenters. The van der Waals surface area contributed by atoms with Crippen LogP contribution in [0.25, 0.3) is 11.4 Å². The lowest BCUT2D eigenvalue weighted by Crippen LogP contribution is -2.22. The molecule has 0 saturated heterocycles. The minimum atomic E-state index is -0.305. The van der Waals surface area contributed by atoms with Crippen molar-refractivity contribution in [2.75, 3.05) is 5.32 Å². The van der Waals surface area contributed by atoms with Crippen molar-refractivity contribution in [3.63, 3.8) is 0 Å². The number of carbonyl (C=O) groups excluding carboxylic acids is 1. The molecule has 154 valence electrons. The molecular weight excluding hydrogens is 391 g/mol. The first-order valence-corrected chi connectivity index (χ1v) is 9.87. The molecule has 4 aromatic rings. The van der Waals surface area contributed by atoms with Crippen LogP contribution in [0.5, 0.6) is 0 Å². The maximum atomic E-state index is 13.1. The van der Waals surface area contributed by atoms with E-state index in [1.165, 1.54) is 12.1 Å². The summed E-state index contributed by atoms with van der Waals surface area (Å²) in [6.45, 7) is 2.50. The van der Waals surface area contributed by atoms with Gasteiger partial charge < -0.3 is 10.6 Å². The molecule has 0 fully saturated rings. The largest absolute Gasteiger partial charge is 0.348 e. The average molecular weight is 412 g/mol. The number of benzene rings is 3. The number of anilines is 2. The van der Waals surface area contributed by atoms with Crippen LogP contribution in [0.3, 0.4) is 0 Å². The smallest absolute Gasteiger partial charge is 0.251 e. The molecule has 0 saturated carbocycles. The van der Waals surface area contributed by atoms with Gasteiger partial charge in [-0.25, -0.2) is 14.4 Å². The predicted molar refractivity (Wildman–Crippen MR) is 119 cm³/mol. The van der Waals surface area contributed by atoms with Gasteiger partial charge in [0, 0.05) is 29.6 Å². The fraction of sp³-hybridized carbons (Fsp3) is 0.0800. The Morgan fingerprint density at radius 2 is 1.74 bits per heavy atom. The molecule has 1 aromatic heterocycles. The van der Waals surface area contributed by atoms with Gasteiger partial charge in [0.15, 0.2) is 5.82 Å². The third-order valence-corrected chi connectivity index (χ3v) is 4.71. The Morgan fingerprint density at radius 3 is 2.48 bits per heavy atom. The average Bonchev–Trinajstić information content (AvgIpc) is 2.79. The van der Waals surface area contributed by atoms with Crippen LogP contribution in [0.4, 0.5) is 15.9 Å². The molecule has 2 N–H and O–H groups in total. The zero-order valence-corrected chi connectivity index (χ0v) is 17.0. The molecule has 0 aliphatic heterocycles. The summed E-state index contributed by atoms with van der Waals surface area (Å²) in [5.41, 5.74) is 4.32. The third kappa shape index (κ3) is 5.30. The highest BCUT2D eigenvalue weighted by Gasteiger charge is 2.07. The first kappa shape index (κ1) is 20.2. The molecule has 1 heterocycles. The second-order valence-corrected chi connectivity index (χ2v) is 7.15. The van der Waals surface area contributed by atoms with Crippen molar-refractivity contribution < 1.29 is 9.18 Å². The summed E-state index contributed by atoms with van der Waals surface area (Å²) in [5, 5.41) is 6.13. The number of amides is 1. The monoisotopic (exact) mass is 412 g/mol. The number of nitrogens with one attached hydrogen (secondary N) is 2. The van der Waals surface area contributed by atoms with Gasteiger partial charge in [-0.2, -0.15) is 0 Å². The van der Waals surface area contributed by atoms with E-state index < -0.39 is 0 Å². The van der Waals surface area contributed by atoms with Gasteiger partial charge in [-0.1, -0.05) is 29.8 Å². The summed E-state index contributed by atoms with van der Waals surface area (Å²) < 4.78 is 13.1. The quantitative estimate of drug-likeness (QED) is 0.453. The van der Waals surface area contributed by atoms with E-state index in [1.807, 2.05) is 37.3 Å². The second-order valence-electron chi connectivity index (χ2n) is 7.15. The van der Waals surface area contributed by atoms with E-state index in [4.69, 9.17) is 0 Å². The van der Waals surface area contributed by atoms with Crippen molar-refractivity contribution in [1.29, 1.82) is 0 Å². The molecule has 31 heavy (non-hydrogen) atoms. The van der Waals surface area contributed by atoms with Crippen LogP contribution in [-0.4, -0.2) is 15.9 Å². The molecule has 0 aliphatic rings. The van der Waals surface area contributed by atoms with Crippen molar-refractivity contribution in [3.8, 4) is 11.4 Å². The molecule has 6 heteroatoms. The van der Waals surface area contributed by atoms with Crippen molar-refractivity contribution >= 4 is 17.4 Å². The standard InChI is InChI=1S/C25H21FN4O/c1-17-3-2-4-18(15-17)16-28-25(31)20-7-11-22(12-8-20)29-23-13-14-27-24(30-23)19-5-9-21(26)10-6-19/h2-15H,16H2,1H3,(H,28,31)(H,27,29,30). The highest BCUT2D eigenvalue weighted by molar-refractivity contribution is 5.94. The zero-order chi connectivity index (χ0) is 21.6. The Bertz CT molecular complexity index is 1190. The van der Waals surface area contributed by atoms with E-state index in [1.54, 1.807) is 36.5 Å². The number of halogens is 1. The molecule has 0 unspecified atom stereocenters. The third-order valence-electron chi connectivity index (χ3n) is 4.71. The minimum absolute atomic E-state index is 0.131. The molecule has 5 nitrogen and oxygen atoms in total. The zero-order valence-electron chi connectivity index (χ0n) is 17.0. The van der Waals surface area contributed by atoms with E-state index in [0.29, 0.717) is 23.8 Å². The lowest BCUT2D eigenvalue weighted by molar-refractivity contribution is 0.0951. The van der Waals surface area contributed by atoms with Gasteiger partial charge in [0.2, 0.25) is 0 Å². The fourth-order valence-electron chi connectivity index (χ4n) is 3.13. The highest BCUT2D eigenvalue weighted by Crippen LogP contribution is 2.20. The lowest BCUT2D eigenvalue weighted by Gasteiger charge is -2.09. The number of nitrogens with zero attached hydrogens (tertiary/aromatic N) is 2. The summed E-state index contributed by atoms with van der Waals surface area (Å²) in [4.78, 5) is 21.1. The maximum absolute atomic E-state index is 13.1. The molecule has 1 amide bonds. The van der Waals surface area contributed by atoms with Gasteiger partial charge in [-0.3, -0.25) is 4.79 Å². The van der Waals surface area contributed by atoms with Crippen LogP contribution in [0.15, 0.2) is 85.1 Å². The van der Waals surface area contributed by atoms with Crippen LogP contribution in [0.2, 0.25) is 0 Å². The van der Waals surface area contributed by atoms with Crippen LogP contribution in [0.1, 0.15) is 21.5 Å². The molecule has 0 aliphatic carbocycles. The predicted octanol–water partition coefficient (Wildman–Crippen LogP) is 5.26. The van der Waals surface area contributed by atoms with Gasteiger partial charge in [0.05, 0.1) is 0 Å². The summed E-state index contributed by atoms with van der Waals surface area (Å²) in [7, 11) is 0. The fourth-order valence-corrected chi connectivity index (χ4v) is 3.13. The Kier molecular flexibility index (Phi) is 5.98. The van der Waals surface area contributed by atoms with Gasteiger partial charge in [0.25, 0.3) is 5.91 Å². The SMILES string of the molecule is Cc1cccc(CNC(=O)c2ccc(Nc3ccnc(-c4ccc(F)cc4)n3)cc2)c1. The van der Waals surface area contributed by atoms with Crippen LogP contribution in [0, 0.1) is 12.7 Å². The van der Waals surface area contributed by atoms with Crippen LogP contribution in [-0.2, 0) is 6.54 Å². The number of aryl methyl sites for hydroxylation is 1. The number of aromatic nitrogens is 2. The number of carbonyl (C=O) groups is 1. The summed E-state index contributed by atoms with van der Waals surface area (Å²) in [5.74, 6) is 0.665. The van der Waals surface area contributed by atoms with Crippen molar-refractivity contribution in [2.45, 2.75) is 13.5 Å². The Labute approximate surface area is 180 Å². The first-order valence-electron chi connectivity index (χ1n) is 9.87. The number of rotatable bonds is 6. The topological polar surface area (TPSA) is 66.9 Å². The van der Waals surface area contributed by atoms with Crippen LogP contribution < -0.4 is 10.6 Å². The van der Waals surface area contributed by atoms with E-state index in [0.717, 1.165) is 22.4 Å². The summed E-state index contributed by atoms with van der Waals surface area (Å²) in [6.07, 6.45) is 1.64. The van der Waals surface area contributed by atoms with E-state index >= 15 is 0 Å². The van der Waals surface area contributed by atoms with Crippen molar-refractivity contribution in [2.24, 2.45) is 0 Å². The van der Waals surface area contributed by atoms with Gasteiger partial charge in [-0.15, -0.1) is 0 Å². The molecule has 4 rings (SSSR count). The first-order chi connectivity index (χ1) is 15.1. The van der Waals surface area contributed by atoms with Crippen molar-refractivity contribution in [1.82, 2.24) is 15.3 Å². The van der Waals surface area contributed by atoms with Crippen LogP contribution >= 0.6 is 0 Å². The van der Waals surface area contributed by atoms with E-state index in [9.17, 15) is 9.18 Å². The normalized spacial score (nSPS) is 10.5. The highest BCUT2D eigenvalue weighted by atomic mass is 19.1. The number of hydrogen-bond donors (Lipinski definition) is 2. The van der Waals surface area contributed by atoms with Gasteiger partial charge in [0.1, 0.15) is 11.6 Å². The Hall–Kier alpha value is -4.06. The Morgan fingerprint density at radius 1 is 0.968 bits per heavy atom. The molecule has 0 bridgehead atoms. The summed E-state index contributed by atoms with van der Waals surface area (Å²) >= 11 is 0. The van der Waals surface area contributed by atoms with Gasteiger partial charge >= 0.3 is 0 Å². The Balaban J connectivity index is 1.40. The lowest BCUT2D eigenvalue weighted by atomic mass is 10.1. The van der Waals surface area contributed by atoms with E-state index in [-0.39, 0.29) is 11.7 Å². The molecule has 0 spiro atoms. The van der Waals surface area contributed by atoms with Crippen molar-refractivity contribution in [3.05, 3.63) is 108 Å². The number of hydrogen-bond acceptors (Lipinski definition) is 4. The summed E-state index contributed by atoms with van der Waals surface area (Å²) in [6, 6.07) is 23.0. The van der Waals surface area contributed by atoms with Gasteiger partial charge in [-0.05, 0) is 67.1 Å².